The fourth-order valence-electron chi connectivity index (χ4n) is 4.33. The normalized spacial score (nSPS) is 20.4. The minimum Gasteiger partial charge on any atom is -0.478 e. The number of benzene rings is 3. The number of carboxylic acid groups (broad SMARTS) is 1. The van der Waals surface area contributed by atoms with Gasteiger partial charge in [0.25, 0.3) is 0 Å². The number of aliphatic hydroxyl groups is 1. The fraction of sp³-hybridized carbons (Fsp3) is 0.290. The Morgan fingerprint density at radius 2 is 1.62 bits per heavy atom. The van der Waals surface area contributed by atoms with Crippen molar-refractivity contribution >= 4 is 23.8 Å². The van der Waals surface area contributed by atoms with E-state index in [1.807, 2.05) is 48.5 Å². The molecule has 1 saturated heterocycles. The summed E-state index contributed by atoms with van der Waals surface area (Å²) in [4.78, 5) is 23.9. The molecule has 40 heavy (non-hydrogen) atoms. The maximum Gasteiger partial charge on any atom is 0.407 e. The molecule has 1 aliphatic heterocycles. The fourth-order valence-corrected chi connectivity index (χ4v) is 5.40. The number of amides is 1. The van der Waals surface area contributed by atoms with E-state index < -0.39 is 18.4 Å². The van der Waals surface area contributed by atoms with E-state index in [4.69, 9.17) is 14.2 Å². The smallest absolute Gasteiger partial charge is 0.407 e. The third-order valence-electron chi connectivity index (χ3n) is 6.66. The van der Waals surface area contributed by atoms with Gasteiger partial charge in [0.2, 0.25) is 0 Å². The summed E-state index contributed by atoms with van der Waals surface area (Å²) in [5.41, 5.74) is 3.82. The average molecular weight is 564 g/mol. The van der Waals surface area contributed by atoms with Crippen molar-refractivity contribution < 1.29 is 34.0 Å². The van der Waals surface area contributed by atoms with E-state index in [0.717, 1.165) is 27.1 Å². The van der Waals surface area contributed by atoms with Crippen molar-refractivity contribution in [1.29, 1.82) is 0 Å². The molecule has 3 aromatic rings. The highest BCUT2D eigenvalue weighted by Crippen LogP contribution is 2.43. The second-order valence-electron chi connectivity index (χ2n) is 9.44. The zero-order valence-corrected chi connectivity index (χ0v) is 23.0. The molecule has 0 aliphatic carbocycles. The van der Waals surface area contributed by atoms with Crippen LogP contribution in [0.3, 0.4) is 0 Å². The molecule has 0 spiro atoms. The Kier molecular flexibility index (Phi) is 10.4. The predicted octanol–water partition coefficient (Wildman–Crippen LogP) is 5.87. The minimum atomic E-state index is -0.953. The third-order valence-corrected chi connectivity index (χ3v) is 7.76. The topological polar surface area (TPSA) is 114 Å². The number of alkyl carbamates (subject to hydrolysis) is 1. The van der Waals surface area contributed by atoms with Crippen LogP contribution in [-0.4, -0.2) is 40.7 Å². The van der Waals surface area contributed by atoms with E-state index in [2.05, 4.69) is 18.8 Å². The van der Waals surface area contributed by atoms with E-state index in [1.54, 1.807) is 36.0 Å². The first-order valence-electron chi connectivity index (χ1n) is 12.9. The van der Waals surface area contributed by atoms with Crippen molar-refractivity contribution in [2.45, 2.75) is 43.5 Å². The first-order valence-corrected chi connectivity index (χ1v) is 13.9. The molecule has 1 heterocycles. The monoisotopic (exact) mass is 563 g/mol. The zero-order valence-electron chi connectivity index (χ0n) is 22.2. The van der Waals surface area contributed by atoms with Crippen molar-refractivity contribution in [3.63, 3.8) is 0 Å². The first-order chi connectivity index (χ1) is 19.4. The molecule has 0 radical (unpaired) electrons. The van der Waals surface area contributed by atoms with Crippen molar-refractivity contribution in [3.05, 3.63) is 113 Å². The highest BCUT2D eigenvalue weighted by Gasteiger charge is 2.38. The number of hydrogen-bond acceptors (Lipinski definition) is 7. The molecule has 210 valence electrons. The molecule has 4 rings (SSSR count). The summed E-state index contributed by atoms with van der Waals surface area (Å²) >= 11 is 1.60. The third kappa shape index (κ3) is 7.73. The van der Waals surface area contributed by atoms with Gasteiger partial charge in [-0.15, -0.1) is 11.8 Å². The number of nitrogens with one attached hydrogen (secondary N) is 1. The Labute approximate surface area is 238 Å². The van der Waals surface area contributed by atoms with Gasteiger partial charge in [-0.05, 0) is 41.0 Å². The van der Waals surface area contributed by atoms with E-state index in [9.17, 15) is 19.8 Å². The quantitative estimate of drug-likeness (QED) is 0.196. The van der Waals surface area contributed by atoms with Crippen LogP contribution in [0.15, 0.2) is 90.3 Å². The number of carboxylic acids is 1. The molecule has 0 saturated carbocycles. The standard InChI is InChI=1S/C31H33NO7S/c1-3-16-37-31(36)32-17-21-4-10-25(11-5-21)30-38-27(19-40-26-14-12-24(13-15-26)29(34)35)20(2)28(39-30)23-8-6-22(18-33)7-9-23/h3-15,20,27-28,30,33H,1,16-19H2,2H3,(H,32,36)(H,34,35)/t20-,27+,28+,30+/m1/s1. The number of rotatable bonds is 11. The minimum absolute atomic E-state index is 0.0204. The lowest BCUT2D eigenvalue weighted by Crippen LogP contribution is -2.38. The lowest BCUT2D eigenvalue weighted by atomic mass is 9.91. The number of carbonyl (C=O) groups excluding carboxylic acids is 1. The van der Waals surface area contributed by atoms with Crippen LogP contribution in [0.1, 0.15) is 51.9 Å². The predicted molar refractivity (Wildman–Crippen MR) is 152 cm³/mol. The number of ether oxygens (including phenoxy) is 3. The number of aromatic carboxylic acids is 1. The molecule has 9 heteroatoms. The largest absolute Gasteiger partial charge is 0.478 e. The lowest BCUT2D eigenvalue weighted by molar-refractivity contribution is -0.268. The summed E-state index contributed by atoms with van der Waals surface area (Å²) in [6.07, 6.45) is -0.0175. The van der Waals surface area contributed by atoms with E-state index in [0.29, 0.717) is 12.3 Å². The molecule has 0 unspecified atom stereocenters. The van der Waals surface area contributed by atoms with Gasteiger partial charge in [0.1, 0.15) is 6.61 Å². The Bertz CT molecular complexity index is 1280. The van der Waals surface area contributed by atoms with Gasteiger partial charge >= 0.3 is 12.1 Å². The first kappa shape index (κ1) is 29.4. The summed E-state index contributed by atoms with van der Waals surface area (Å²) < 4.78 is 17.9. The van der Waals surface area contributed by atoms with Gasteiger partial charge in [-0.2, -0.15) is 0 Å². The molecule has 0 bridgehead atoms. The van der Waals surface area contributed by atoms with Crippen molar-refractivity contribution in [2.24, 2.45) is 5.92 Å². The highest BCUT2D eigenvalue weighted by molar-refractivity contribution is 7.99. The molecule has 0 aromatic heterocycles. The van der Waals surface area contributed by atoms with Crippen molar-refractivity contribution in [2.75, 3.05) is 12.4 Å². The SMILES string of the molecule is C=CCOC(=O)NCc1ccc([C@H]2O[C@@H](CSc3ccc(C(=O)O)cc3)[C@@H](C)[C@@H](c3ccc(CO)cc3)O2)cc1. The molecule has 1 amide bonds. The number of hydrogen-bond donors (Lipinski definition) is 3. The number of carbonyl (C=O) groups is 2. The number of thioether (sulfide) groups is 1. The maximum atomic E-state index is 11.7. The molecule has 1 aliphatic rings. The molecule has 1 fully saturated rings. The Morgan fingerprint density at radius 3 is 2.25 bits per heavy atom. The van der Waals surface area contributed by atoms with E-state index >= 15 is 0 Å². The molecule has 3 aromatic carbocycles. The van der Waals surface area contributed by atoms with Crippen molar-refractivity contribution in [3.8, 4) is 0 Å². The molecule has 3 N–H and O–H groups in total. The van der Waals surface area contributed by atoms with Crippen LogP contribution in [0, 0.1) is 5.92 Å². The summed E-state index contributed by atoms with van der Waals surface area (Å²) in [7, 11) is 0. The average Bonchev–Trinajstić information content (AvgIpc) is 2.99. The van der Waals surface area contributed by atoms with Gasteiger partial charge in [0.05, 0.1) is 24.4 Å². The molecular weight excluding hydrogens is 530 g/mol. The van der Waals surface area contributed by atoms with Crippen LogP contribution >= 0.6 is 11.8 Å². The van der Waals surface area contributed by atoms with Gasteiger partial charge < -0.3 is 29.7 Å². The van der Waals surface area contributed by atoms with E-state index in [1.165, 1.54) is 6.08 Å². The van der Waals surface area contributed by atoms with Crippen LogP contribution < -0.4 is 5.32 Å². The summed E-state index contributed by atoms with van der Waals surface area (Å²) in [6, 6.07) is 22.2. The van der Waals surface area contributed by atoms with Crippen LogP contribution in [-0.2, 0) is 27.4 Å². The van der Waals surface area contributed by atoms with E-state index in [-0.39, 0.29) is 36.9 Å². The van der Waals surface area contributed by atoms with Gasteiger partial charge in [-0.1, -0.05) is 68.1 Å². The zero-order chi connectivity index (χ0) is 28.5. The van der Waals surface area contributed by atoms with Gasteiger partial charge in [0, 0.05) is 28.7 Å². The van der Waals surface area contributed by atoms with Gasteiger partial charge in [-0.25, -0.2) is 9.59 Å². The van der Waals surface area contributed by atoms with Crippen LogP contribution in [0.4, 0.5) is 4.79 Å². The van der Waals surface area contributed by atoms with Crippen LogP contribution in [0.2, 0.25) is 0 Å². The Hall–Kier alpha value is -3.63. The van der Waals surface area contributed by atoms with Crippen LogP contribution in [0.25, 0.3) is 0 Å². The maximum absolute atomic E-state index is 11.7. The lowest BCUT2D eigenvalue weighted by Gasteiger charge is -2.41. The summed E-state index contributed by atoms with van der Waals surface area (Å²) in [5.74, 6) is -0.287. The Balaban J connectivity index is 1.49. The van der Waals surface area contributed by atoms with Gasteiger partial charge in [-0.3, -0.25) is 0 Å². The molecule has 8 nitrogen and oxygen atoms in total. The second-order valence-corrected chi connectivity index (χ2v) is 10.5. The van der Waals surface area contributed by atoms with Crippen LogP contribution in [0.5, 0.6) is 0 Å². The second kappa shape index (κ2) is 14.1. The van der Waals surface area contributed by atoms with Gasteiger partial charge in [0.15, 0.2) is 6.29 Å². The van der Waals surface area contributed by atoms with Crippen molar-refractivity contribution in [1.82, 2.24) is 5.32 Å². The number of aliphatic hydroxyl groups excluding tert-OH is 1. The Morgan fingerprint density at radius 1 is 0.975 bits per heavy atom. The summed E-state index contributed by atoms with van der Waals surface area (Å²) in [6.45, 7) is 6.06. The molecule has 4 atom stereocenters. The highest BCUT2D eigenvalue weighted by atomic mass is 32.2. The summed E-state index contributed by atoms with van der Waals surface area (Å²) in [5, 5.41) is 21.3. The molecular formula is C31H33NO7S.